The zero-order valence-electron chi connectivity index (χ0n) is 9.41. The Labute approximate surface area is 92.7 Å². The number of hydrogen-bond acceptors (Lipinski definition) is 1. The van der Waals surface area contributed by atoms with E-state index >= 15 is 0 Å². The second-order valence-electron chi connectivity index (χ2n) is 4.91. The summed E-state index contributed by atoms with van der Waals surface area (Å²) in [4.78, 5) is 0. The van der Waals surface area contributed by atoms with Crippen molar-refractivity contribution in [2.75, 3.05) is 0 Å². The van der Waals surface area contributed by atoms with Crippen LogP contribution in [0.15, 0.2) is 30.3 Å². The van der Waals surface area contributed by atoms with Crippen LogP contribution in [0.1, 0.15) is 44.1 Å². The standard InChI is InChI=1S/C14H21N/c15-14(10-5-2-6-11-14)12-9-13-7-3-1-4-8-13/h1,3-4,7-8H,2,5-6,9-12,15H2. The summed E-state index contributed by atoms with van der Waals surface area (Å²) in [7, 11) is 0. The molecule has 1 heteroatoms. The molecule has 0 unspecified atom stereocenters. The van der Waals surface area contributed by atoms with E-state index in [9.17, 15) is 0 Å². The van der Waals surface area contributed by atoms with Crippen LogP contribution in [0.25, 0.3) is 0 Å². The van der Waals surface area contributed by atoms with Gasteiger partial charge in [-0.15, -0.1) is 0 Å². The monoisotopic (exact) mass is 203 g/mol. The summed E-state index contributed by atoms with van der Waals surface area (Å²) in [5.41, 5.74) is 7.96. The minimum Gasteiger partial charge on any atom is -0.325 e. The van der Waals surface area contributed by atoms with Crippen molar-refractivity contribution in [1.29, 1.82) is 0 Å². The molecule has 0 radical (unpaired) electrons. The van der Waals surface area contributed by atoms with Gasteiger partial charge in [0.25, 0.3) is 0 Å². The first kappa shape index (κ1) is 10.7. The summed E-state index contributed by atoms with van der Waals surface area (Å²) in [5.74, 6) is 0. The van der Waals surface area contributed by atoms with Gasteiger partial charge in [-0.3, -0.25) is 0 Å². The van der Waals surface area contributed by atoms with Crippen molar-refractivity contribution in [3.63, 3.8) is 0 Å². The zero-order chi connectivity index (χ0) is 10.6. The molecule has 15 heavy (non-hydrogen) atoms. The van der Waals surface area contributed by atoms with Gasteiger partial charge in [0.2, 0.25) is 0 Å². The quantitative estimate of drug-likeness (QED) is 0.801. The Balaban J connectivity index is 1.87. The molecule has 1 aliphatic carbocycles. The van der Waals surface area contributed by atoms with E-state index in [1.807, 2.05) is 0 Å². The summed E-state index contributed by atoms with van der Waals surface area (Å²) in [6.45, 7) is 0. The van der Waals surface area contributed by atoms with Gasteiger partial charge in [0.05, 0.1) is 0 Å². The van der Waals surface area contributed by atoms with Crippen LogP contribution in [-0.4, -0.2) is 5.54 Å². The Morgan fingerprint density at radius 1 is 1.00 bits per heavy atom. The average molecular weight is 203 g/mol. The van der Waals surface area contributed by atoms with Crippen molar-refractivity contribution in [1.82, 2.24) is 0 Å². The van der Waals surface area contributed by atoms with Crippen LogP contribution in [0.2, 0.25) is 0 Å². The van der Waals surface area contributed by atoms with Crippen molar-refractivity contribution < 1.29 is 0 Å². The molecule has 0 bridgehead atoms. The summed E-state index contributed by atoms with van der Waals surface area (Å²) in [6.07, 6.45) is 8.76. The second kappa shape index (κ2) is 4.80. The maximum absolute atomic E-state index is 6.41. The lowest BCUT2D eigenvalue weighted by Crippen LogP contribution is -2.41. The minimum absolute atomic E-state index is 0.133. The van der Waals surface area contributed by atoms with Crippen LogP contribution < -0.4 is 5.73 Å². The number of hydrogen-bond donors (Lipinski definition) is 1. The van der Waals surface area contributed by atoms with Crippen molar-refractivity contribution >= 4 is 0 Å². The van der Waals surface area contributed by atoms with E-state index in [2.05, 4.69) is 30.3 Å². The highest BCUT2D eigenvalue weighted by Crippen LogP contribution is 2.29. The van der Waals surface area contributed by atoms with Crippen LogP contribution in [0.5, 0.6) is 0 Å². The van der Waals surface area contributed by atoms with Crippen molar-refractivity contribution in [2.24, 2.45) is 5.73 Å². The molecule has 0 saturated heterocycles. The molecule has 1 aromatic carbocycles. The Morgan fingerprint density at radius 3 is 2.33 bits per heavy atom. The molecular formula is C14H21N. The molecule has 0 atom stereocenters. The van der Waals surface area contributed by atoms with Crippen LogP contribution in [0, 0.1) is 0 Å². The maximum atomic E-state index is 6.41. The third-order valence-electron chi connectivity index (χ3n) is 3.60. The van der Waals surface area contributed by atoms with Crippen LogP contribution in [0.4, 0.5) is 0 Å². The van der Waals surface area contributed by atoms with E-state index in [1.165, 1.54) is 37.7 Å². The molecule has 0 amide bonds. The number of benzene rings is 1. The van der Waals surface area contributed by atoms with Gasteiger partial charge in [0.1, 0.15) is 0 Å². The molecule has 1 fully saturated rings. The van der Waals surface area contributed by atoms with E-state index in [4.69, 9.17) is 5.73 Å². The molecule has 82 valence electrons. The first-order chi connectivity index (χ1) is 7.29. The van der Waals surface area contributed by atoms with Gasteiger partial charge in [-0.1, -0.05) is 49.6 Å². The predicted octanol–water partition coefficient (Wildman–Crippen LogP) is 3.28. The van der Waals surface area contributed by atoms with Gasteiger partial charge >= 0.3 is 0 Å². The number of rotatable bonds is 3. The molecule has 0 spiro atoms. The van der Waals surface area contributed by atoms with E-state index in [-0.39, 0.29) is 5.54 Å². The summed E-state index contributed by atoms with van der Waals surface area (Å²) in [5, 5.41) is 0. The van der Waals surface area contributed by atoms with Crippen LogP contribution in [0.3, 0.4) is 0 Å². The highest BCUT2D eigenvalue weighted by atomic mass is 14.7. The fourth-order valence-corrected chi connectivity index (χ4v) is 2.54. The van der Waals surface area contributed by atoms with E-state index in [0.717, 1.165) is 12.8 Å². The molecule has 2 N–H and O–H groups in total. The molecule has 1 saturated carbocycles. The van der Waals surface area contributed by atoms with Gasteiger partial charge in [0, 0.05) is 5.54 Å². The topological polar surface area (TPSA) is 26.0 Å². The summed E-state index contributed by atoms with van der Waals surface area (Å²) >= 11 is 0. The largest absolute Gasteiger partial charge is 0.325 e. The Morgan fingerprint density at radius 2 is 1.67 bits per heavy atom. The van der Waals surface area contributed by atoms with Crippen LogP contribution in [-0.2, 0) is 6.42 Å². The molecule has 1 nitrogen and oxygen atoms in total. The van der Waals surface area contributed by atoms with E-state index in [1.54, 1.807) is 0 Å². The molecule has 1 aromatic rings. The fourth-order valence-electron chi connectivity index (χ4n) is 2.54. The summed E-state index contributed by atoms with van der Waals surface area (Å²) < 4.78 is 0. The predicted molar refractivity (Wildman–Crippen MR) is 64.8 cm³/mol. The number of nitrogens with two attached hydrogens (primary N) is 1. The van der Waals surface area contributed by atoms with Crippen molar-refractivity contribution in [2.45, 2.75) is 50.5 Å². The third kappa shape index (κ3) is 3.07. The maximum Gasteiger partial charge on any atom is 0.0157 e. The SMILES string of the molecule is NC1(CCc2ccccc2)CCCCC1. The molecule has 0 aliphatic heterocycles. The summed E-state index contributed by atoms with van der Waals surface area (Å²) in [6, 6.07) is 10.7. The highest BCUT2D eigenvalue weighted by molar-refractivity contribution is 5.15. The number of aryl methyl sites for hydroxylation is 1. The minimum atomic E-state index is 0.133. The Kier molecular flexibility index (Phi) is 3.42. The lowest BCUT2D eigenvalue weighted by Gasteiger charge is -2.33. The first-order valence-electron chi connectivity index (χ1n) is 6.11. The molecule has 1 aliphatic rings. The van der Waals surface area contributed by atoms with Crippen LogP contribution >= 0.6 is 0 Å². The molecular weight excluding hydrogens is 182 g/mol. The van der Waals surface area contributed by atoms with Gasteiger partial charge in [0.15, 0.2) is 0 Å². The second-order valence-corrected chi connectivity index (χ2v) is 4.91. The Hall–Kier alpha value is -0.820. The smallest absolute Gasteiger partial charge is 0.0157 e. The van der Waals surface area contributed by atoms with E-state index < -0.39 is 0 Å². The molecule has 0 heterocycles. The normalized spacial score (nSPS) is 20.1. The third-order valence-corrected chi connectivity index (χ3v) is 3.60. The lowest BCUT2D eigenvalue weighted by atomic mass is 9.79. The van der Waals surface area contributed by atoms with Gasteiger partial charge in [-0.05, 0) is 31.2 Å². The lowest BCUT2D eigenvalue weighted by molar-refractivity contribution is 0.278. The van der Waals surface area contributed by atoms with Crippen molar-refractivity contribution in [3.8, 4) is 0 Å². The first-order valence-corrected chi connectivity index (χ1v) is 6.11. The van der Waals surface area contributed by atoms with Gasteiger partial charge in [-0.25, -0.2) is 0 Å². The highest BCUT2D eigenvalue weighted by Gasteiger charge is 2.26. The zero-order valence-corrected chi connectivity index (χ0v) is 9.41. The molecule has 0 aromatic heterocycles. The molecule has 2 rings (SSSR count). The van der Waals surface area contributed by atoms with Crippen molar-refractivity contribution in [3.05, 3.63) is 35.9 Å². The fraction of sp³-hybridized carbons (Fsp3) is 0.571. The van der Waals surface area contributed by atoms with Gasteiger partial charge < -0.3 is 5.73 Å². The van der Waals surface area contributed by atoms with E-state index in [0.29, 0.717) is 0 Å². The Bertz CT molecular complexity index is 285. The van der Waals surface area contributed by atoms with Gasteiger partial charge in [-0.2, -0.15) is 0 Å². The average Bonchev–Trinajstić information content (AvgIpc) is 2.29.